The lowest BCUT2D eigenvalue weighted by atomic mass is 10.1. The number of fused-ring (bicyclic) bond motifs is 1. The average Bonchev–Trinajstić information content (AvgIpc) is 3.25. The molecule has 4 aromatic rings. The molecule has 0 radical (unpaired) electrons. The standard InChI is InChI=1S/C23H22N6O3S/c1-15(17-6-4-5-11-24-17)27-18-10-9-16(14-20(18)29(31)32)22(30)25-12-13-26-23-28-19-7-2-3-8-21(19)33-23/h2-11,14-15,27H,12-13H2,1H3,(H,25,30)(H,26,28). The van der Waals surface area contributed by atoms with Crippen molar-refractivity contribution in [1.29, 1.82) is 0 Å². The predicted octanol–water partition coefficient (Wildman–Crippen LogP) is 4.61. The second-order valence-corrected chi connectivity index (χ2v) is 8.31. The van der Waals surface area contributed by atoms with Gasteiger partial charge in [-0.2, -0.15) is 0 Å². The van der Waals surface area contributed by atoms with E-state index >= 15 is 0 Å². The highest BCUT2D eigenvalue weighted by Crippen LogP contribution is 2.29. The molecule has 0 spiro atoms. The summed E-state index contributed by atoms with van der Waals surface area (Å²) in [7, 11) is 0. The van der Waals surface area contributed by atoms with E-state index in [1.165, 1.54) is 6.07 Å². The van der Waals surface area contributed by atoms with Gasteiger partial charge in [0.05, 0.1) is 26.9 Å². The fourth-order valence-electron chi connectivity index (χ4n) is 3.28. The highest BCUT2D eigenvalue weighted by Gasteiger charge is 2.19. The summed E-state index contributed by atoms with van der Waals surface area (Å²) in [5.41, 5.74) is 2.06. The van der Waals surface area contributed by atoms with Gasteiger partial charge in [-0.05, 0) is 43.3 Å². The summed E-state index contributed by atoms with van der Waals surface area (Å²) in [6.07, 6.45) is 1.67. The first kappa shape index (κ1) is 22.2. The molecule has 9 nitrogen and oxygen atoms in total. The zero-order chi connectivity index (χ0) is 23.2. The van der Waals surface area contributed by atoms with Crippen LogP contribution in [0.5, 0.6) is 0 Å². The quantitative estimate of drug-likeness (QED) is 0.188. The Kier molecular flexibility index (Phi) is 6.75. The molecule has 0 fully saturated rings. The highest BCUT2D eigenvalue weighted by molar-refractivity contribution is 7.22. The molecule has 0 aliphatic rings. The Morgan fingerprint density at radius 2 is 1.94 bits per heavy atom. The maximum atomic E-state index is 12.5. The van der Waals surface area contributed by atoms with Gasteiger partial charge in [0.1, 0.15) is 5.69 Å². The number of amides is 1. The molecule has 2 aromatic carbocycles. The molecule has 168 valence electrons. The van der Waals surface area contributed by atoms with Crippen molar-refractivity contribution in [1.82, 2.24) is 15.3 Å². The second-order valence-electron chi connectivity index (χ2n) is 7.28. The van der Waals surface area contributed by atoms with E-state index in [1.807, 2.05) is 43.3 Å². The predicted molar refractivity (Wildman–Crippen MR) is 130 cm³/mol. The largest absolute Gasteiger partial charge is 0.371 e. The first-order chi connectivity index (χ1) is 16.0. The number of aromatic nitrogens is 2. The molecular formula is C23H22N6O3S. The third-order valence-corrected chi connectivity index (χ3v) is 5.93. The molecule has 0 aliphatic heterocycles. The number of nitrogens with one attached hydrogen (secondary N) is 3. The molecule has 10 heteroatoms. The van der Waals surface area contributed by atoms with Gasteiger partial charge in [0.2, 0.25) is 0 Å². The van der Waals surface area contributed by atoms with Crippen LogP contribution in [0.1, 0.15) is 29.0 Å². The van der Waals surface area contributed by atoms with E-state index in [0.717, 1.165) is 21.0 Å². The van der Waals surface area contributed by atoms with Crippen molar-refractivity contribution in [2.45, 2.75) is 13.0 Å². The smallest absolute Gasteiger partial charge is 0.293 e. The molecule has 0 saturated carbocycles. The minimum Gasteiger partial charge on any atom is -0.371 e. The Bertz CT molecular complexity index is 1240. The molecular weight excluding hydrogens is 440 g/mol. The Morgan fingerprint density at radius 1 is 1.12 bits per heavy atom. The lowest BCUT2D eigenvalue weighted by Gasteiger charge is -2.15. The minimum atomic E-state index is -0.501. The molecule has 0 saturated heterocycles. The average molecular weight is 463 g/mol. The maximum Gasteiger partial charge on any atom is 0.293 e. The number of nitrogens with zero attached hydrogens (tertiary/aromatic N) is 3. The first-order valence-corrected chi connectivity index (χ1v) is 11.2. The maximum absolute atomic E-state index is 12.5. The monoisotopic (exact) mass is 462 g/mol. The van der Waals surface area contributed by atoms with Crippen LogP contribution in [0.15, 0.2) is 66.9 Å². The SMILES string of the molecule is CC(Nc1ccc(C(=O)NCCNc2nc3ccccc3s2)cc1[N+](=O)[O-])c1ccccn1. The van der Waals surface area contributed by atoms with Gasteiger partial charge in [-0.1, -0.05) is 29.5 Å². The number of hydrogen-bond acceptors (Lipinski definition) is 8. The molecule has 1 atom stereocenters. The zero-order valence-corrected chi connectivity index (χ0v) is 18.6. The van der Waals surface area contributed by atoms with Crippen molar-refractivity contribution in [3.8, 4) is 0 Å². The van der Waals surface area contributed by atoms with Crippen molar-refractivity contribution >= 4 is 44.0 Å². The number of pyridine rings is 1. The van der Waals surface area contributed by atoms with Crippen LogP contribution in [0.25, 0.3) is 10.2 Å². The molecule has 2 aromatic heterocycles. The van der Waals surface area contributed by atoms with Crippen LogP contribution in [-0.2, 0) is 0 Å². The van der Waals surface area contributed by atoms with Gasteiger partial charge in [0.15, 0.2) is 5.13 Å². The Morgan fingerprint density at radius 3 is 2.70 bits per heavy atom. The van der Waals surface area contributed by atoms with Gasteiger partial charge >= 0.3 is 0 Å². The van der Waals surface area contributed by atoms with Crippen molar-refractivity contribution in [3.63, 3.8) is 0 Å². The summed E-state index contributed by atoms with van der Waals surface area (Å²) in [6.45, 7) is 2.69. The Balaban J connectivity index is 1.36. The van der Waals surface area contributed by atoms with Crippen LogP contribution in [0.3, 0.4) is 0 Å². The van der Waals surface area contributed by atoms with Gasteiger partial charge in [0, 0.05) is 30.9 Å². The topological polar surface area (TPSA) is 122 Å². The fourth-order valence-corrected chi connectivity index (χ4v) is 4.17. The Hall–Kier alpha value is -4.05. The molecule has 0 aliphatic carbocycles. The summed E-state index contributed by atoms with van der Waals surface area (Å²) in [5.74, 6) is -0.381. The van der Waals surface area contributed by atoms with E-state index in [0.29, 0.717) is 18.8 Å². The first-order valence-electron chi connectivity index (χ1n) is 10.3. The summed E-state index contributed by atoms with van der Waals surface area (Å²) in [5, 5.41) is 21.5. The summed E-state index contributed by atoms with van der Waals surface area (Å²) in [4.78, 5) is 32.4. The van der Waals surface area contributed by atoms with E-state index in [4.69, 9.17) is 0 Å². The van der Waals surface area contributed by atoms with Crippen LogP contribution in [-0.4, -0.2) is 33.9 Å². The van der Waals surface area contributed by atoms with Crippen LogP contribution in [0.4, 0.5) is 16.5 Å². The number of carbonyl (C=O) groups excluding carboxylic acids is 1. The van der Waals surface area contributed by atoms with Gasteiger partial charge in [-0.3, -0.25) is 19.9 Å². The fraction of sp³-hybridized carbons (Fsp3) is 0.174. The van der Waals surface area contributed by atoms with E-state index < -0.39 is 4.92 Å². The number of nitro groups is 1. The lowest BCUT2D eigenvalue weighted by molar-refractivity contribution is -0.384. The molecule has 1 unspecified atom stereocenters. The Labute approximate surface area is 194 Å². The number of para-hydroxylation sites is 1. The number of nitro benzene ring substituents is 1. The number of hydrogen-bond donors (Lipinski definition) is 3. The highest BCUT2D eigenvalue weighted by atomic mass is 32.1. The number of rotatable bonds is 9. The van der Waals surface area contributed by atoms with Crippen LogP contribution < -0.4 is 16.0 Å². The third kappa shape index (κ3) is 5.42. The molecule has 2 heterocycles. The third-order valence-electron chi connectivity index (χ3n) is 4.94. The lowest BCUT2D eigenvalue weighted by Crippen LogP contribution is -2.28. The second kappa shape index (κ2) is 10.0. The van der Waals surface area contributed by atoms with Gasteiger partial charge < -0.3 is 16.0 Å². The van der Waals surface area contributed by atoms with Crippen molar-refractivity contribution in [2.75, 3.05) is 23.7 Å². The summed E-state index contributed by atoms with van der Waals surface area (Å²) in [6, 6.07) is 17.5. The van der Waals surface area contributed by atoms with Gasteiger partial charge in [-0.25, -0.2) is 4.98 Å². The van der Waals surface area contributed by atoms with Gasteiger partial charge in [-0.15, -0.1) is 0 Å². The van der Waals surface area contributed by atoms with E-state index in [-0.39, 0.29) is 23.2 Å². The van der Waals surface area contributed by atoms with E-state index in [9.17, 15) is 14.9 Å². The molecule has 1 amide bonds. The summed E-state index contributed by atoms with van der Waals surface area (Å²) >= 11 is 1.54. The van der Waals surface area contributed by atoms with Crippen LogP contribution in [0, 0.1) is 10.1 Å². The van der Waals surface area contributed by atoms with Crippen molar-refractivity contribution in [2.24, 2.45) is 0 Å². The summed E-state index contributed by atoms with van der Waals surface area (Å²) < 4.78 is 1.09. The molecule has 33 heavy (non-hydrogen) atoms. The van der Waals surface area contributed by atoms with Crippen LogP contribution in [0.2, 0.25) is 0 Å². The molecule has 3 N–H and O–H groups in total. The van der Waals surface area contributed by atoms with Crippen molar-refractivity contribution < 1.29 is 9.72 Å². The van der Waals surface area contributed by atoms with E-state index in [2.05, 4.69) is 25.9 Å². The normalized spacial score (nSPS) is 11.7. The van der Waals surface area contributed by atoms with Gasteiger partial charge in [0.25, 0.3) is 11.6 Å². The zero-order valence-electron chi connectivity index (χ0n) is 17.8. The number of carbonyl (C=O) groups is 1. The number of thiazole rings is 1. The number of benzene rings is 2. The minimum absolute atomic E-state index is 0.168. The molecule has 4 rings (SSSR count). The van der Waals surface area contributed by atoms with E-state index in [1.54, 1.807) is 35.7 Å². The molecule has 0 bridgehead atoms. The van der Waals surface area contributed by atoms with Crippen LogP contribution >= 0.6 is 11.3 Å². The van der Waals surface area contributed by atoms with Crippen molar-refractivity contribution in [3.05, 3.63) is 88.2 Å². The number of anilines is 2.